The highest BCUT2D eigenvalue weighted by Crippen LogP contribution is 2.14. The van der Waals surface area contributed by atoms with E-state index in [-0.39, 0.29) is 5.91 Å². The second kappa shape index (κ2) is 5.50. The third-order valence-electron chi connectivity index (χ3n) is 2.02. The van der Waals surface area contributed by atoms with Crippen molar-refractivity contribution >= 4 is 11.7 Å². The van der Waals surface area contributed by atoms with Crippen LogP contribution in [-0.4, -0.2) is 29.2 Å². The van der Waals surface area contributed by atoms with Crippen molar-refractivity contribution in [2.45, 2.75) is 26.7 Å². The molecule has 1 aromatic rings. The van der Waals surface area contributed by atoms with Gasteiger partial charge < -0.3 is 10.6 Å². The van der Waals surface area contributed by atoms with Gasteiger partial charge in [0, 0.05) is 11.8 Å². The summed E-state index contributed by atoms with van der Waals surface area (Å²) in [6.07, 6.45) is 0. The highest BCUT2D eigenvalue weighted by molar-refractivity contribution is 5.91. The van der Waals surface area contributed by atoms with E-state index in [0.29, 0.717) is 18.3 Å². The molecule has 0 bridgehead atoms. The summed E-state index contributed by atoms with van der Waals surface area (Å²) >= 11 is 0. The van der Waals surface area contributed by atoms with Crippen LogP contribution in [0, 0.1) is 0 Å². The number of rotatable bonds is 5. The highest BCUT2D eigenvalue weighted by atomic mass is 16.2. The van der Waals surface area contributed by atoms with Crippen LogP contribution in [0.3, 0.4) is 0 Å². The number of hydrogen-bond acceptors (Lipinski definition) is 3. The number of carbonyl (C=O) groups is 1. The van der Waals surface area contributed by atoms with Gasteiger partial charge in [-0.25, -0.2) is 0 Å². The molecule has 0 aliphatic rings. The lowest BCUT2D eigenvalue weighted by Crippen LogP contribution is -2.27. The van der Waals surface area contributed by atoms with Crippen LogP contribution in [0.4, 0.5) is 5.82 Å². The second-order valence-corrected chi connectivity index (χ2v) is 3.69. The number of anilines is 1. The molecule has 84 valence electrons. The van der Waals surface area contributed by atoms with Crippen LogP contribution < -0.4 is 10.6 Å². The van der Waals surface area contributed by atoms with Crippen LogP contribution in [0.25, 0.3) is 0 Å². The second-order valence-electron chi connectivity index (χ2n) is 3.69. The zero-order valence-electron chi connectivity index (χ0n) is 9.42. The molecular formula is C10H18N4O. The minimum Gasteiger partial charge on any atom is -0.309 e. The summed E-state index contributed by atoms with van der Waals surface area (Å²) in [5.74, 6) is 0.900. The van der Waals surface area contributed by atoms with Crippen molar-refractivity contribution in [3.05, 3.63) is 11.8 Å². The zero-order valence-corrected chi connectivity index (χ0v) is 9.42. The fourth-order valence-electron chi connectivity index (χ4n) is 1.12. The molecule has 0 aliphatic heterocycles. The van der Waals surface area contributed by atoms with Gasteiger partial charge in [-0.15, -0.1) is 0 Å². The van der Waals surface area contributed by atoms with Crippen molar-refractivity contribution in [3.63, 3.8) is 0 Å². The Hall–Kier alpha value is -1.36. The first-order valence-corrected chi connectivity index (χ1v) is 5.19. The zero-order chi connectivity index (χ0) is 11.3. The van der Waals surface area contributed by atoms with E-state index in [1.165, 1.54) is 0 Å². The Morgan fingerprint density at radius 3 is 2.87 bits per heavy atom. The van der Waals surface area contributed by atoms with Gasteiger partial charge in [-0.2, -0.15) is 5.10 Å². The molecule has 0 atom stereocenters. The van der Waals surface area contributed by atoms with Crippen molar-refractivity contribution < 1.29 is 4.79 Å². The molecule has 5 nitrogen and oxygen atoms in total. The normalized spacial score (nSPS) is 10.7. The van der Waals surface area contributed by atoms with Gasteiger partial charge in [0.1, 0.15) is 0 Å². The van der Waals surface area contributed by atoms with Crippen molar-refractivity contribution in [1.29, 1.82) is 0 Å². The Morgan fingerprint density at radius 1 is 1.60 bits per heavy atom. The maximum absolute atomic E-state index is 11.3. The fourth-order valence-corrected chi connectivity index (χ4v) is 1.12. The van der Waals surface area contributed by atoms with Gasteiger partial charge in [0.25, 0.3) is 0 Å². The third-order valence-corrected chi connectivity index (χ3v) is 2.02. The maximum atomic E-state index is 11.3. The first-order valence-electron chi connectivity index (χ1n) is 5.19. The predicted octanol–water partition coefficient (Wildman–Crippen LogP) is 1.08. The molecule has 0 saturated heterocycles. The standard InChI is InChI=1S/C10H18N4O/c1-4-11-6-10(15)12-9-5-8(7(2)3)13-14-9/h5,7,11H,4,6H2,1-3H3,(H2,12,13,14,15). The van der Waals surface area contributed by atoms with Crippen LogP contribution in [0.1, 0.15) is 32.4 Å². The van der Waals surface area contributed by atoms with E-state index < -0.39 is 0 Å². The van der Waals surface area contributed by atoms with Crippen LogP contribution in [0.15, 0.2) is 6.07 Å². The number of likely N-dealkylation sites (N-methyl/N-ethyl adjacent to an activating group) is 1. The Morgan fingerprint density at radius 2 is 2.33 bits per heavy atom. The summed E-state index contributed by atoms with van der Waals surface area (Å²) in [6, 6.07) is 1.86. The van der Waals surface area contributed by atoms with Gasteiger partial charge >= 0.3 is 0 Å². The lowest BCUT2D eigenvalue weighted by atomic mass is 10.1. The molecule has 0 fully saturated rings. The van der Waals surface area contributed by atoms with E-state index in [2.05, 4.69) is 34.7 Å². The topological polar surface area (TPSA) is 69.8 Å². The van der Waals surface area contributed by atoms with Gasteiger partial charge in [-0.1, -0.05) is 20.8 Å². The first-order chi connectivity index (χ1) is 7.13. The van der Waals surface area contributed by atoms with Gasteiger partial charge in [0.15, 0.2) is 5.82 Å². The summed E-state index contributed by atoms with van der Waals surface area (Å²) < 4.78 is 0. The van der Waals surface area contributed by atoms with Crippen LogP contribution >= 0.6 is 0 Å². The molecule has 3 N–H and O–H groups in total. The number of hydrogen-bond donors (Lipinski definition) is 3. The average Bonchev–Trinajstić information content (AvgIpc) is 2.63. The Kier molecular flexibility index (Phi) is 4.30. The highest BCUT2D eigenvalue weighted by Gasteiger charge is 2.07. The molecule has 1 amide bonds. The molecule has 0 aromatic carbocycles. The number of nitrogens with one attached hydrogen (secondary N) is 3. The molecule has 1 heterocycles. The lowest BCUT2D eigenvalue weighted by molar-refractivity contribution is -0.115. The summed E-state index contributed by atoms with van der Waals surface area (Å²) in [4.78, 5) is 11.3. The summed E-state index contributed by atoms with van der Waals surface area (Å²) in [5, 5.41) is 12.5. The smallest absolute Gasteiger partial charge is 0.239 e. The monoisotopic (exact) mass is 210 g/mol. The van der Waals surface area contributed by atoms with Gasteiger partial charge in [-0.05, 0) is 12.5 Å². The maximum Gasteiger partial charge on any atom is 0.239 e. The van der Waals surface area contributed by atoms with Crippen molar-refractivity contribution in [2.75, 3.05) is 18.4 Å². The minimum absolute atomic E-state index is 0.0707. The van der Waals surface area contributed by atoms with Gasteiger partial charge in [0.2, 0.25) is 5.91 Å². The van der Waals surface area contributed by atoms with Gasteiger partial charge in [0.05, 0.1) is 6.54 Å². The van der Waals surface area contributed by atoms with Crippen molar-refractivity contribution in [3.8, 4) is 0 Å². The fraction of sp³-hybridized carbons (Fsp3) is 0.600. The molecular weight excluding hydrogens is 192 g/mol. The quantitative estimate of drug-likeness (QED) is 0.681. The van der Waals surface area contributed by atoms with E-state index in [9.17, 15) is 4.79 Å². The van der Waals surface area contributed by atoms with E-state index in [1.807, 2.05) is 13.0 Å². The number of carbonyl (C=O) groups excluding carboxylic acids is 1. The molecule has 0 aliphatic carbocycles. The summed E-state index contributed by atoms with van der Waals surface area (Å²) in [7, 11) is 0. The molecule has 15 heavy (non-hydrogen) atoms. The number of amides is 1. The van der Waals surface area contributed by atoms with E-state index >= 15 is 0 Å². The minimum atomic E-state index is -0.0707. The van der Waals surface area contributed by atoms with E-state index in [1.54, 1.807) is 0 Å². The average molecular weight is 210 g/mol. The third kappa shape index (κ3) is 3.71. The molecule has 0 unspecified atom stereocenters. The van der Waals surface area contributed by atoms with E-state index in [4.69, 9.17) is 0 Å². The van der Waals surface area contributed by atoms with Crippen molar-refractivity contribution in [1.82, 2.24) is 15.5 Å². The molecule has 0 saturated carbocycles. The molecule has 1 rings (SSSR count). The SMILES string of the molecule is CCNCC(=O)Nc1cc(C(C)C)[nH]n1. The number of aromatic nitrogens is 2. The summed E-state index contributed by atoms with van der Waals surface area (Å²) in [6.45, 7) is 7.19. The molecule has 0 spiro atoms. The lowest BCUT2D eigenvalue weighted by Gasteiger charge is -2.01. The Labute approximate surface area is 89.6 Å². The molecule has 0 radical (unpaired) electrons. The Balaban J connectivity index is 2.46. The number of aromatic amines is 1. The summed E-state index contributed by atoms with van der Waals surface area (Å²) in [5.41, 5.74) is 1.02. The van der Waals surface area contributed by atoms with Crippen molar-refractivity contribution in [2.24, 2.45) is 0 Å². The predicted molar refractivity (Wildman–Crippen MR) is 59.9 cm³/mol. The van der Waals surface area contributed by atoms with Crippen LogP contribution in [0.5, 0.6) is 0 Å². The van der Waals surface area contributed by atoms with E-state index in [0.717, 1.165) is 12.2 Å². The molecule has 1 aromatic heterocycles. The number of H-pyrrole nitrogens is 1. The molecule has 5 heteroatoms. The Bertz CT molecular complexity index is 319. The van der Waals surface area contributed by atoms with Crippen LogP contribution in [-0.2, 0) is 4.79 Å². The largest absolute Gasteiger partial charge is 0.309 e. The number of nitrogens with zero attached hydrogens (tertiary/aromatic N) is 1. The first kappa shape index (κ1) is 11.7. The van der Waals surface area contributed by atoms with Gasteiger partial charge in [-0.3, -0.25) is 9.89 Å². The van der Waals surface area contributed by atoms with Crippen LogP contribution in [0.2, 0.25) is 0 Å².